The van der Waals surface area contributed by atoms with E-state index in [-0.39, 0.29) is 11.2 Å². The topological polar surface area (TPSA) is 59.8 Å². The average Bonchev–Trinajstić information content (AvgIpc) is 3.29. The number of nitrogens with zero attached hydrogens (tertiary/aromatic N) is 3. The van der Waals surface area contributed by atoms with E-state index in [4.69, 9.17) is 0 Å². The smallest absolute Gasteiger partial charge is 0.233 e. The number of hydrogen-bond donors (Lipinski definition) is 1. The van der Waals surface area contributed by atoms with Crippen LogP contribution in [0.5, 0.6) is 0 Å². The quantitative estimate of drug-likeness (QED) is 0.853. The van der Waals surface area contributed by atoms with E-state index >= 15 is 0 Å². The van der Waals surface area contributed by atoms with Crippen molar-refractivity contribution in [1.82, 2.24) is 20.1 Å². The van der Waals surface area contributed by atoms with Crippen molar-refractivity contribution in [2.45, 2.75) is 43.4 Å². The maximum Gasteiger partial charge on any atom is 0.233 e. The zero-order valence-corrected chi connectivity index (χ0v) is 13.4. The molecule has 5 nitrogen and oxygen atoms in total. The number of benzene rings is 1. The summed E-state index contributed by atoms with van der Waals surface area (Å²) < 4.78 is 2.07. The first-order chi connectivity index (χ1) is 10.7. The first-order valence-corrected chi connectivity index (χ1v) is 8.60. The molecule has 1 unspecified atom stereocenters. The number of carbonyl (C=O) groups is 1. The largest absolute Gasteiger partial charge is 0.348 e. The third-order valence-corrected chi connectivity index (χ3v) is 4.93. The maximum absolute atomic E-state index is 12.2. The minimum Gasteiger partial charge on any atom is -0.348 e. The Hall–Kier alpha value is -1.82. The molecular formula is C16H20N4OS. The molecule has 1 saturated carbocycles. The lowest BCUT2D eigenvalue weighted by Crippen LogP contribution is -2.31. The van der Waals surface area contributed by atoms with Crippen LogP contribution in [-0.2, 0) is 17.1 Å². The molecule has 1 aromatic carbocycles. The Morgan fingerprint density at radius 3 is 2.91 bits per heavy atom. The van der Waals surface area contributed by atoms with Crippen LogP contribution in [0, 0.1) is 0 Å². The summed E-state index contributed by atoms with van der Waals surface area (Å²) in [5.41, 5.74) is 1.24. The van der Waals surface area contributed by atoms with Crippen LogP contribution >= 0.6 is 11.8 Å². The van der Waals surface area contributed by atoms with Crippen LogP contribution in [0.25, 0.3) is 0 Å². The predicted molar refractivity (Wildman–Crippen MR) is 87.3 cm³/mol. The first-order valence-electron chi connectivity index (χ1n) is 7.55. The summed E-state index contributed by atoms with van der Waals surface area (Å²) in [7, 11) is 0. The Labute approximate surface area is 134 Å². The highest BCUT2D eigenvalue weighted by atomic mass is 32.2. The average molecular weight is 316 g/mol. The number of carbonyl (C=O) groups excluding carboxylic acids is 1. The molecule has 3 rings (SSSR count). The maximum atomic E-state index is 12.2. The molecule has 0 spiro atoms. The minimum absolute atomic E-state index is 0.0475. The van der Waals surface area contributed by atoms with Gasteiger partial charge < -0.3 is 9.88 Å². The fourth-order valence-corrected chi connectivity index (χ4v) is 3.10. The van der Waals surface area contributed by atoms with Crippen molar-refractivity contribution < 1.29 is 4.79 Å². The molecule has 0 bridgehead atoms. The lowest BCUT2D eigenvalue weighted by atomic mass is 10.2. The summed E-state index contributed by atoms with van der Waals surface area (Å²) in [5.74, 6) is 1.73. The van der Waals surface area contributed by atoms with Crippen LogP contribution in [0.1, 0.15) is 37.2 Å². The number of nitrogens with one attached hydrogen (secondary N) is 1. The van der Waals surface area contributed by atoms with Gasteiger partial charge in [0.1, 0.15) is 6.33 Å². The van der Waals surface area contributed by atoms with E-state index in [0.717, 1.165) is 11.6 Å². The van der Waals surface area contributed by atoms with Gasteiger partial charge in [-0.1, -0.05) is 30.3 Å². The van der Waals surface area contributed by atoms with Gasteiger partial charge in [-0.15, -0.1) is 22.0 Å². The number of amides is 1. The van der Waals surface area contributed by atoms with Crippen LogP contribution in [0.4, 0.5) is 0 Å². The number of rotatable bonds is 7. The Bertz CT molecular complexity index is 624. The standard InChI is InChI=1S/C16H20N4OS/c1-12(22-10-13-5-3-2-4-6-13)16(21)17-9-15-19-18-11-20(15)14-7-8-14/h2-6,11-12,14H,7-10H2,1H3,(H,17,21). The van der Waals surface area contributed by atoms with Gasteiger partial charge >= 0.3 is 0 Å². The van der Waals surface area contributed by atoms with Crippen LogP contribution in [-0.4, -0.2) is 25.9 Å². The van der Waals surface area contributed by atoms with Crippen molar-refractivity contribution in [2.24, 2.45) is 0 Å². The molecule has 2 aromatic rings. The predicted octanol–water partition coefficient (Wildman–Crippen LogP) is 2.55. The van der Waals surface area contributed by atoms with Crippen LogP contribution in [0.2, 0.25) is 0 Å². The molecule has 1 fully saturated rings. The Morgan fingerprint density at radius 1 is 1.41 bits per heavy atom. The van der Waals surface area contributed by atoms with Gasteiger partial charge in [0.05, 0.1) is 11.8 Å². The second-order valence-electron chi connectivity index (χ2n) is 5.54. The third kappa shape index (κ3) is 3.88. The summed E-state index contributed by atoms with van der Waals surface area (Å²) in [5, 5.41) is 10.9. The molecule has 1 aliphatic rings. The highest BCUT2D eigenvalue weighted by Crippen LogP contribution is 2.35. The molecule has 22 heavy (non-hydrogen) atoms. The Balaban J connectivity index is 1.45. The second-order valence-corrected chi connectivity index (χ2v) is 6.87. The Kier molecular flexibility index (Phi) is 4.77. The van der Waals surface area contributed by atoms with E-state index in [9.17, 15) is 4.79 Å². The van der Waals surface area contributed by atoms with E-state index in [2.05, 4.69) is 32.2 Å². The zero-order chi connectivity index (χ0) is 15.4. The lowest BCUT2D eigenvalue weighted by molar-refractivity contribution is -0.120. The van der Waals surface area contributed by atoms with Crippen molar-refractivity contribution in [1.29, 1.82) is 0 Å². The van der Waals surface area contributed by atoms with Gasteiger partial charge in [-0.25, -0.2) is 0 Å². The van der Waals surface area contributed by atoms with Crippen molar-refractivity contribution in [3.05, 3.63) is 48.0 Å². The van der Waals surface area contributed by atoms with Crippen LogP contribution < -0.4 is 5.32 Å². The molecule has 0 radical (unpaired) electrons. The van der Waals surface area contributed by atoms with Crippen molar-refractivity contribution in [2.75, 3.05) is 0 Å². The number of aromatic nitrogens is 3. The molecule has 0 aliphatic heterocycles. The van der Waals surface area contributed by atoms with E-state index in [1.807, 2.05) is 25.1 Å². The molecule has 1 atom stereocenters. The van der Waals surface area contributed by atoms with Gasteiger partial charge in [-0.2, -0.15) is 0 Å². The van der Waals surface area contributed by atoms with Crippen molar-refractivity contribution in [3.8, 4) is 0 Å². The van der Waals surface area contributed by atoms with Crippen molar-refractivity contribution >= 4 is 17.7 Å². The Morgan fingerprint density at radius 2 is 2.18 bits per heavy atom. The first kappa shape index (κ1) is 15.1. The fraction of sp³-hybridized carbons (Fsp3) is 0.438. The minimum atomic E-state index is -0.0856. The number of hydrogen-bond acceptors (Lipinski definition) is 4. The van der Waals surface area contributed by atoms with E-state index in [1.54, 1.807) is 18.1 Å². The van der Waals surface area contributed by atoms with Crippen LogP contribution in [0.15, 0.2) is 36.7 Å². The molecular weight excluding hydrogens is 296 g/mol. The van der Waals surface area contributed by atoms with Gasteiger partial charge in [0.2, 0.25) is 5.91 Å². The summed E-state index contributed by atoms with van der Waals surface area (Å²) in [6.45, 7) is 2.39. The number of thioether (sulfide) groups is 1. The lowest BCUT2D eigenvalue weighted by Gasteiger charge is -2.12. The summed E-state index contributed by atoms with van der Waals surface area (Å²) in [4.78, 5) is 12.2. The normalized spacial score (nSPS) is 15.5. The molecule has 1 aromatic heterocycles. The molecule has 1 aliphatic carbocycles. The molecule has 6 heteroatoms. The SMILES string of the molecule is CC(SCc1ccccc1)C(=O)NCc1nncn1C1CC1. The fourth-order valence-electron chi connectivity index (χ4n) is 2.23. The molecule has 0 saturated heterocycles. The summed E-state index contributed by atoms with van der Waals surface area (Å²) in [6.07, 6.45) is 4.12. The van der Waals surface area contributed by atoms with Gasteiger partial charge in [0.15, 0.2) is 5.82 Å². The molecule has 1 N–H and O–H groups in total. The summed E-state index contributed by atoms with van der Waals surface area (Å²) in [6, 6.07) is 10.7. The highest BCUT2D eigenvalue weighted by Gasteiger charge is 2.26. The van der Waals surface area contributed by atoms with Crippen LogP contribution in [0.3, 0.4) is 0 Å². The molecule has 1 amide bonds. The zero-order valence-electron chi connectivity index (χ0n) is 12.6. The van der Waals surface area contributed by atoms with Gasteiger partial charge in [0.25, 0.3) is 0 Å². The highest BCUT2D eigenvalue weighted by molar-refractivity contribution is 7.99. The van der Waals surface area contributed by atoms with E-state index in [0.29, 0.717) is 12.6 Å². The van der Waals surface area contributed by atoms with Gasteiger partial charge in [0, 0.05) is 11.8 Å². The second kappa shape index (κ2) is 6.96. The third-order valence-electron chi connectivity index (χ3n) is 3.72. The molecule has 116 valence electrons. The summed E-state index contributed by atoms with van der Waals surface area (Å²) >= 11 is 1.64. The molecule has 1 heterocycles. The van der Waals surface area contributed by atoms with E-state index in [1.165, 1.54) is 18.4 Å². The monoisotopic (exact) mass is 316 g/mol. The van der Waals surface area contributed by atoms with E-state index < -0.39 is 0 Å². The van der Waals surface area contributed by atoms with Crippen molar-refractivity contribution in [3.63, 3.8) is 0 Å². The van der Waals surface area contributed by atoms with Gasteiger partial charge in [-0.3, -0.25) is 4.79 Å². The van der Waals surface area contributed by atoms with Gasteiger partial charge in [-0.05, 0) is 25.3 Å².